The smallest absolute Gasteiger partial charge is 0.242 e. The second kappa shape index (κ2) is 4.67. The molecule has 5 nitrogen and oxygen atoms in total. The molecule has 1 unspecified atom stereocenters. The van der Waals surface area contributed by atoms with Crippen molar-refractivity contribution >= 4 is 23.3 Å². The van der Waals surface area contributed by atoms with Crippen LogP contribution in [0.2, 0.25) is 5.02 Å². The second-order valence-corrected chi connectivity index (χ2v) is 3.96. The Hall–Kier alpha value is -1.33. The quantitative estimate of drug-likeness (QED) is 0.815. The first-order chi connectivity index (χ1) is 7.68. The van der Waals surface area contributed by atoms with Crippen LogP contribution in [0.15, 0.2) is 18.3 Å². The summed E-state index contributed by atoms with van der Waals surface area (Å²) in [6, 6.07) is 3.04. The second-order valence-electron chi connectivity index (χ2n) is 3.52. The summed E-state index contributed by atoms with van der Waals surface area (Å²) in [7, 11) is 0. The molecular formula is C10H12ClN3O2. The number of nitrogens with two attached hydrogens (primary N) is 1. The van der Waals surface area contributed by atoms with E-state index in [0.29, 0.717) is 30.6 Å². The molecule has 0 saturated carbocycles. The van der Waals surface area contributed by atoms with E-state index in [0.717, 1.165) is 0 Å². The van der Waals surface area contributed by atoms with Gasteiger partial charge in [-0.1, -0.05) is 11.6 Å². The summed E-state index contributed by atoms with van der Waals surface area (Å²) in [6.45, 7) is 1.47. The van der Waals surface area contributed by atoms with Crippen LogP contribution in [0.1, 0.15) is 0 Å². The van der Waals surface area contributed by atoms with Crippen LogP contribution in [-0.2, 0) is 9.53 Å². The molecule has 1 saturated heterocycles. The third-order valence-electron chi connectivity index (χ3n) is 2.46. The van der Waals surface area contributed by atoms with Crippen molar-refractivity contribution in [2.75, 3.05) is 24.7 Å². The lowest BCUT2D eigenvalue weighted by atomic mass is 10.2. The predicted molar refractivity (Wildman–Crippen MR) is 60.4 cm³/mol. The van der Waals surface area contributed by atoms with Crippen molar-refractivity contribution in [2.45, 2.75) is 6.04 Å². The average molecular weight is 242 g/mol. The minimum Gasteiger partial charge on any atom is -0.377 e. The minimum absolute atomic E-state index is 0.305. The first-order valence-corrected chi connectivity index (χ1v) is 5.31. The molecule has 1 amide bonds. The number of nitrogens with zero attached hydrogens (tertiary/aromatic N) is 2. The van der Waals surface area contributed by atoms with Gasteiger partial charge in [0.2, 0.25) is 5.91 Å². The van der Waals surface area contributed by atoms with Crippen LogP contribution < -0.4 is 10.6 Å². The number of carbonyl (C=O) groups excluding carboxylic acids is 1. The Labute approximate surface area is 98.1 Å². The van der Waals surface area contributed by atoms with Gasteiger partial charge < -0.3 is 15.4 Å². The van der Waals surface area contributed by atoms with Crippen molar-refractivity contribution in [1.82, 2.24) is 4.98 Å². The normalized spacial score (nSPS) is 20.8. The molecule has 1 aromatic heterocycles. The number of anilines is 1. The number of rotatable bonds is 2. The fraction of sp³-hybridized carbons (Fsp3) is 0.400. The molecule has 0 aliphatic carbocycles. The van der Waals surface area contributed by atoms with Crippen LogP contribution in [0.4, 0.5) is 5.82 Å². The maximum absolute atomic E-state index is 11.3. The molecule has 1 aliphatic heterocycles. The molecule has 1 fully saturated rings. The largest absolute Gasteiger partial charge is 0.377 e. The van der Waals surface area contributed by atoms with E-state index in [1.54, 1.807) is 18.3 Å². The number of primary amides is 1. The Morgan fingerprint density at radius 1 is 1.62 bits per heavy atom. The van der Waals surface area contributed by atoms with E-state index >= 15 is 0 Å². The van der Waals surface area contributed by atoms with Gasteiger partial charge in [0.1, 0.15) is 11.9 Å². The van der Waals surface area contributed by atoms with Crippen LogP contribution in [0.25, 0.3) is 0 Å². The Morgan fingerprint density at radius 3 is 3.06 bits per heavy atom. The van der Waals surface area contributed by atoms with Gasteiger partial charge in [0, 0.05) is 12.7 Å². The molecule has 0 radical (unpaired) electrons. The van der Waals surface area contributed by atoms with Crippen molar-refractivity contribution in [3.8, 4) is 0 Å². The number of morpholine rings is 1. The summed E-state index contributed by atoms with van der Waals surface area (Å²) in [5.41, 5.74) is 5.31. The van der Waals surface area contributed by atoms with Crippen LogP contribution in [0.3, 0.4) is 0 Å². The molecule has 1 aliphatic rings. The fourth-order valence-corrected chi connectivity index (χ4v) is 1.76. The molecule has 1 aromatic rings. The lowest BCUT2D eigenvalue weighted by Gasteiger charge is -2.34. The van der Waals surface area contributed by atoms with Gasteiger partial charge in [0.05, 0.1) is 18.2 Å². The maximum Gasteiger partial charge on any atom is 0.242 e. The number of amides is 1. The number of pyridine rings is 1. The van der Waals surface area contributed by atoms with E-state index < -0.39 is 11.9 Å². The zero-order valence-corrected chi connectivity index (χ0v) is 9.35. The molecule has 2 rings (SSSR count). The van der Waals surface area contributed by atoms with E-state index in [-0.39, 0.29) is 0 Å². The molecule has 0 spiro atoms. The Kier molecular flexibility index (Phi) is 3.26. The van der Waals surface area contributed by atoms with Crippen molar-refractivity contribution in [2.24, 2.45) is 5.73 Å². The lowest BCUT2D eigenvalue weighted by Crippen LogP contribution is -2.52. The molecule has 2 heterocycles. The van der Waals surface area contributed by atoms with Gasteiger partial charge in [0.15, 0.2) is 0 Å². The van der Waals surface area contributed by atoms with Crippen LogP contribution in [0.5, 0.6) is 0 Å². The number of halogens is 1. The Morgan fingerprint density at radius 2 is 2.44 bits per heavy atom. The van der Waals surface area contributed by atoms with Gasteiger partial charge in [-0.05, 0) is 12.1 Å². The van der Waals surface area contributed by atoms with Crippen molar-refractivity contribution in [1.29, 1.82) is 0 Å². The molecule has 2 N–H and O–H groups in total. The zero-order valence-electron chi connectivity index (χ0n) is 8.60. The van der Waals surface area contributed by atoms with Crippen LogP contribution in [0, 0.1) is 0 Å². The highest BCUT2D eigenvalue weighted by molar-refractivity contribution is 6.30. The fourth-order valence-electron chi connectivity index (χ4n) is 1.65. The van der Waals surface area contributed by atoms with Gasteiger partial charge in [-0.25, -0.2) is 4.98 Å². The van der Waals surface area contributed by atoms with Gasteiger partial charge >= 0.3 is 0 Å². The van der Waals surface area contributed by atoms with Crippen molar-refractivity contribution in [3.05, 3.63) is 23.4 Å². The van der Waals surface area contributed by atoms with Gasteiger partial charge in [0.25, 0.3) is 0 Å². The van der Waals surface area contributed by atoms with E-state index in [1.165, 1.54) is 0 Å². The third-order valence-corrected chi connectivity index (χ3v) is 2.69. The molecule has 16 heavy (non-hydrogen) atoms. The SMILES string of the molecule is NC(=O)C1COCCN1c1ccc(Cl)cn1. The Bertz CT molecular complexity index is 382. The monoisotopic (exact) mass is 241 g/mol. The summed E-state index contributed by atoms with van der Waals surface area (Å²) >= 11 is 5.75. The minimum atomic E-state index is -0.456. The summed E-state index contributed by atoms with van der Waals surface area (Å²) < 4.78 is 5.22. The molecule has 86 valence electrons. The van der Waals surface area contributed by atoms with E-state index in [1.807, 2.05) is 4.90 Å². The van der Waals surface area contributed by atoms with E-state index in [2.05, 4.69) is 4.98 Å². The third kappa shape index (κ3) is 2.25. The number of hydrogen-bond acceptors (Lipinski definition) is 4. The highest BCUT2D eigenvalue weighted by Crippen LogP contribution is 2.18. The maximum atomic E-state index is 11.3. The number of aromatic nitrogens is 1. The Balaban J connectivity index is 2.23. The lowest BCUT2D eigenvalue weighted by molar-refractivity contribution is -0.121. The van der Waals surface area contributed by atoms with E-state index in [9.17, 15) is 4.79 Å². The molecule has 0 bridgehead atoms. The average Bonchev–Trinajstić information content (AvgIpc) is 2.30. The highest BCUT2D eigenvalue weighted by atomic mass is 35.5. The van der Waals surface area contributed by atoms with E-state index in [4.69, 9.17) is 22.1 Å². The summed E-state index contributed by atoms with van der Waals surface area (Å²) in [4.78, 5) is 17.3. The molecule has 0 aromatic carbocycles. The number of carbonyl (C=O) groups is 1. The molecule has 1 atom stereocenters. The predicted octanol–water partition coefficient (Wildman–Crippen LogP) is 0.426. The number of ether oxygens (including phenoxy) is 1. The van der Waals surface area contributed by atoms with Gasteiger partial charge in [-0.2, -0.15) is 0 Å². The summed E-state index contributed by atoms with van der Waals surface area (Å²) in [6.07, 6.45) is 1.55. The van der Waals surface area contributed by atoms with Crippen LogP contribution >= 0.6 is 11.6 Å². The van der Waals surface area contributed by atoms with Crippen LogP contribution in [-0.4, -0.2) is 36.7 Å². The molecule has 6 heteroatoms. The standard InChI is InChI=1S/C10H12ClN3O2/c11-7-1-2-9(13-5-7)14-3-4-16-6-8(14)10(12)15/h1-2,5,8H,3-4,6H2,(H2,12,15). The topological polar surface area (TPSA) is 68.5 Å². The first-order valence-electron chi connectivity index (χ1n) is 4.94. The summed E-state index contributed by atoms with van der Waals surface area (Å²) in [5, 5.41) is 0.563. The number of hydrogen-bond donors (Lipinski definition) is 1. The summed E-state index contributed by atoms with van der Waals surface area (Å²) in [5.74, 6) is 0.285. The zero-order chi connectivity index (χ0) is 11.5. The van der Waals surface area contributed by atoms with Gasteiger partial charge in [-0.15, -0.1) is 0 Å². The van der Waals surface area contributed by atoms with Crippen molar-refractivity contribution < 1.29 is 9.53 Å². The molecular weight excluding hydrogens is 230 g/mol. The van der Waals surface area contributed by atoms with Gasteiger partial charge in [-0.3, -0.25) is 4.79 Å². The highest BCUT2D eigenvalue weighted by Gasteiger charge is 2.28. The van der Waals surface area contributed by atoms with Crippen molar-refractivity contribution in [3.63, 3.8) is 0 Å². The first kappa shape index (κ1) is 11.2.